The van der Waals surface area contributed by atoms with Gasteiger partial charge in [0.05, 0.1) is 28.4 Å². The highest BCUT2D eigenvalue weighted by atomic mass is 32.1. The Morgan fingerprint density at radius 1 is 1.17 bits per heavy atom. The number of nitrogens with one attached hydrogen (secondary N) is 1. The van der Waals surface area contributed by atoms with E-state index in [1.807, 2.05) is 23.7 Å². The Morgan fingerprint density at radius 3 is 2.83 bits per heavy atom. The lowest BCUT2D eigenvalue weighted by molar-refractivity contribution is 0.247. The minimum Gasteiger partial charge on any atom is -0.369 e. The van der Waals surface area contributed by atoms with E-state index in [1.165, 1.54) is 6.33 Å². The number of hydrogen-bond acceptors (Lipinski definition) is 6. The van der Waals surface area contributed by atoms with Crippen LogP contribution in [-0.4, -0.2) is 46.0 Å². The number of aromatic amines is 1. The second-order valence-corrected chi connectivity index (χ2v) is 6.39. The molecule has 2 aromatic heterocycles. The first-order chi connectivity index (χ1) is 11.3. The first-order valence-electron chi connectivity index (χ1n) is 7.61. The molecule has 1 fully saturated rings. The van der Waals surface area contributed by atoms with Crippen LogP contribution in [0.2, 0.25) is 0 Å². The van der Waals surface area contributed by atoms with E-state index >= 15 is 0 Å². The van der Waals surface area contributed by atoms with Crippen molar-refractivity contribution in [3.8, 4) is 0 Å². The molecule has 3 aromatic rings. The van der Waals surface area contributed by atoms with Crippen molar-refractivity contribution in [2.24, 2.45) is 0 Å². The van der Waals surface area contributed by atoms with Crippen LogP contribution in [0.25, 0.3) is 10.9 Å². The van der Waals surface area contributed by atoms with E-state index in [0.717, 1.165) is 49.6 Å². The summed E-state index contributed by atoms with van der Waals surface area (Å²) < 4.78 is 0. The van der Waals surface area contributed by atoms with Crippen LogP contribution in [-0.2, 0) is 6.54 Å². The van der Waals surface area contributed by atoms with Crippen molar-refractivity contribution in [1.82, 2.24) is 19.9 Å². The number of fused-ring (bicyclic) bond motifs is 1. The normalized spacial score (nSPS) is 16.1. The van der Waals surface area contributed by atoms with Crippen molar-refractivity contribution in [2.45, 2.75) is 6.54 Å². The number of piperazine rings is 1. The fourth-order valence-electron chi connectivity index (χ4n) is 2.96. The van der Waals surface area contributed by atoms with Gasteiger partial charge in [-0.05, 0) is 18.2 Å². The third-order valence-electron chi connectivity index (χ3n) is 4.23. The summed E-state index contributed by atoms with van der Waals surface area (Å²) in [6.45, 7) is 4.82. The first kappa shape index (κ1) is 14.3. The number of rotatable bonds is 3. The molecule has 4 rings (SSSR count). The van der Waals surface area contributed by atoms with Crippen LogP contribution in [0.3, 0.4) is 0 Å². The lowest BCUT2D eigenvalue weighted by atomic mass is 10.2. The maximum absolute atomic E-state index is 11.9. The smallest absolute Gasteiger partial charge is 0.258 e. The van der Waals surface area contributed by atoms with Crippen molar-refractivity contribution in [2.75, 3.05) is 31.1 Å². The molecule has 1 N–H and O–H groups in total. The predicted molar refractivity (Wildman–Crippen MR) is 92.0 cm³/mol. The van der Waals surface area contributed by atoms with E-state index in [2.05, 4.69) is 30.1 Å². The van der Waals surface area contributed by atoms with Crippen LogP contribution < -0.4 is 10.5 Å². The number of H-pyrrole nitrogens is 1. The average Bonchev–Trinajstić information content (AvgIpc) is 3.09. The molecule has 118 valence electrons. The summed E-state index contributed by atoms with van der Waals surface area (Å²) in [5.41, 5.74) is 4.77. The highest BCUT2D eigenvalue weighted by Gasteiger charge is 2.18. The molecule has 0 spiro atoms. The van der Waals surface area contributed by atoms with Crippen molar-refractivity contribution in [1.29, 1.82) is 0 Å². The average molecular weight is 327 g/mol. The minimum atomic E-state index is -0.0842. The third kappa shape index (κ3) is 2.97. The van der Waals surface area contributed by atoms with E-state index in [1.54, 1.807) is 11.3 Å². The summed E-state index contributed by atoms with van der Waals surface area (Å²) in [4.78, 5) is 27.8. The lowest BCUT2D eigenvalue weighted by Crippen LogP contribution is -2.46. The van der Waals surface area contributed by atoms with Gasteiger partial charge in [-0.2, -0.15) is 0 Å². The molecule has 6 nitrogen and oxygen atoms in total. The van der Waals surface area contributed by atoms with E-state index < -0.39 is 0 Å². The van der Waals surface area contributed by atoms with Gasteiger partial charge in [-0.1, -0.05) is 0 Å². The van der Waals surface area contributed by atoms with Gasteiger partial charge in [-0.15, -0.1) is 11.3 Å². The van der Waals surface area contributed by atoms with Gasteiger partial charge in [-0.3, -0.25) is 9.69 Å². The van der Waals surface area contributed by atoms with Gasteiger partial charge >= 0.3 is 0 Å². The number of nitrogens with zero attached hydrogens (tertiary/aromatic N) is 4. The maximum atomic E-state index is 11.9. The Balaban J connectivity index is 1.48. The summed E-state index contributed by atoms with van der Waals surface area (Å²) in [6.07, 6.45) is 1.45. The van der Waals surface area contributed by atoms with Crippen LogP contribution in [0.15, 0.2) is 40.2 Å². The SMILES string of the molecule is O=c1[nH]cnc2ccc(N3CCN(Cc4cscn4)CC3)cc12. The Hall–Kier alpha value is -2.25. The lowest BCUT2D eigenvalue weighted by Gasteiger charge is -2.35. The van der Waals surface area contributed by atoms with Gasteiger partial charge in [0.1, 0.15) is 0 Å². The molecule has 1 aromatic carbocycles. The zero-order valence-electron chi connectivity index (χ0n) is 12.6. The molecule has 1 aliphatic rings. The molecule has 1 saturated heterocycles. The maximum Gasteiger partial charge on any atom is 0.258 e. The second kappa shape index (κ2) is 6.10. The second-order valence-electron chi connectivity index (χ2n) is 5.68. The molecule has 0 aliphatic carbocycles. The highest BCUT2D eigenvalue weighted by molar-refractivity contribution is 7.07. The molecule has 23 heavy (non-hydrogen) atoms. The molecule has 0 saturated carbocycles. The first-order valence-corrected chi connectivity index (χ1v) is 8.56. The van der Waals surface area contributed by atoms with Crippen LogP contribution in [0.1, 0.15) is 5.69 Å². The van der Waals surface area contributed by atoms with Crippen LogP contribution in [0.4, 0.5) is 5.69 Å². The summed E-state index contributed by atoms with van der Waals surface area (Å²) >= 11 is 1.64. The molecule has 0 amide bonds. The quantitative estimate of drug-likeness (QED) is 0.793. The third-order valence-corrected chi connectivity index (χ3v) is 4.87. The molecule has 0 bridgehead atoms. The molecule has 7 heteroatoms. The van der Waals surface area contributed by atoms with E-state index in [-0.39, 0.29) is 5.56 Å². The zero-order valence-corrected chi connectivity index (χ0v) is 13.4. The summed E-state index contributed by atoms with van der Waals surface area (Å²) in [6, 6.07) is 5.91. The number of thiazole rings is 1. The number of anilines is 1. The van der Waals surface area contributed by atoms with Crippen molar-refractivity contribution >= 4 is 27.9 Å². The van der Waals surface area contributed by atoms with Gasteiger partial charge in [-0.25, -0.2) is 9.97 Å². The molecule has 0 radical (unpaired) electrons. The van der Waals surface area contributed by atoms with Crippen molar-refractivity contribution < 1.29 is 0 Å². The monoisotopic (exact) mass is 327 g/mol. The van der Waals surface area contributed by atoms with Crippen LogP contribution in [0, 0.1) is 0 Å². The van der Waals surface area contributed by atoms with Crippen molar-refractivity contribution in [3.05, 3.63) is 51.5 Å². The Labute approximate surface area is 137 Å². The van der Waals surface area contributed by atoms with E-state index in [9.17, 15) is 4.79 Å². The van der Waals surface area contributed by atoms with Crippen LogP contribution >= 0.6 is 11.3 Å². The Kier molecular flexibility index (Phi) is 3.80. The van der Waals surface area contributed by atoms with Gasteiger partial charge < -0.3 is 9.88 Å². The summed E-state index contributed by atoms with van der Waals surface area (Å²) in [7, 11) is 0. The summed E-state index contributed by atoms with van der Waals surface area (Å²) in [5.74, 6) is 0. The van der Waals surface area contributed by atoms with Gasteiger partial charge in [0.25, 0.3) is 5.56 Å². The van der Waals surface area contributed by atoms with Crippen molar-refractivity contribution in [3.63, 3.8) is 0 Å². The largest absolute Gasteiger partial charge is 0.369 e. The molecule has 3 heterocycles. The van der Waals surface area contributed by atoms with Crippen LogP contribution in [0.5, 0.6) is 0 Å². The Morgan fingerprint density at radius 2 is 2.04 bits per heavy atom. The Bertz CT molecular complexity index is 852. The van der Waals surface area contributed by atoms with E-state index in [0.29, 0.717) is 5.39 Å². The minimum absolute atomic E-state index is 0.0842. The fourth-order valence-corrected chi connectivity index (χ4v) is 3.51. The molecular formula is C16H17N5OS. The van der Waals surface area contributed by atoms with Gasteiger partial charge in [0.15, 0.2) is 0 Å². The summed E-state index contributed by atoms with van der Waals surface area (Å²) in [5, 5.41) is 2.75. The molecule has 0 atom stereocenters. The number of benzene rings is 1. The fraction of sp³-hybridized carbons (Fsp3) is 0.312. The molecule has 0 unspecified atom stereocenters. The zero-order chi connectivity index (χ0) is 15.6. The standard InChI is InChI=1S/C16H17N5OS/c22-16-14-7-13(1-2-15(14)17-10-18-16)21-5-3-20(4-6-21)8-12-9-23-11-19-12/h1-2,7,9-11H,3-6,8H2,(H,17,18,22). The predicted octanol–water partition coefficient (Wildman–Crippen LogP) is 1.70. The van der Waals surface area contributed by atoms with E-state index in [4.69, 9.17) is 0 Å². The molecule has 1 aliphatic heterocycles. The topological polar surface area (TPSA) is 65.1 Å². The number of aromatic nitrogens is 3. The highest BCUT2D eigenvalue weighted by Crippen LogP contribution is 2.20. The molecular weight excluding hydrogens is 310 g/mol. The van der Waals surface area contributed by atoms with Gasteiger partial charge in [0.2, 0.25) is 0 Å². The number of hydrogen-bond donors (Lipinski definition) is 1. The van der Waals surface area contributed by atoms with Gasteiger partial charge in [0, 0.05) is 43.8 Å².